The number of nitrogens with zero attached hydrogens (tertiary/aromatic N) is 4. The van der Waals surface area contributed by atoms with E-state index in [1.165, 1.54) is 21.5 Å². The van der Waals surface area contributed by atoms with Crippen LogP contribution in [0.3, 0.4) is 0 Å². The number of aromatic nitrogens is 4. The summed E-state index contributed by atoms with van der Waals surface area (Å²) >= 11 is 0. The summed E-state index contributed by atoms with van der Waals surface area (Å²) in [7, 11) is 0. The fourth-order valence-corrected chi connectivity index (χ4v) is 8.47. The van der Waals surface area contributed by atoms with Crippen LogP contribution in [0.25, 0.3) is 111 Å². The maximum absolute atomic E-state index is 5.29. The smallest absolute Gasteiger partial charge is 0.164 e. The first-order chi connectivity index (χ1) is 30.7. The molecule has 0 radical (unpaired) electrons. The summed E-state index contributed by atoms with van der Waals surface area (Å²) in [5.74, 6) is 1.79. The van der Waals surface area contributed by atoms with Crippen LogP contribution in [0.1, 0.15) is 0 Å². The van der Waals surface area contributed by atoms with Gasteiger partial charge >= 0.3 is 0 Å². The van der Waals surface area contributed by atoms with E-state index in [1.54, 1.807) is 0 Å². The summed E-state index contributed by atoms with van der Waals surface area (Å²) in [6.07, 6.45) is 1.87. The number of fused-ring (bicyclic) bond motifs is 3. The average Bonchev–Trinajstić information content (AvgIpc) is 3.36. The third kappa shape index (κ3) is 7.10. The Morgan fingerprint density at radius 3 is 1.24 bits per heavy atom. The molecule has 4 nitrogen and oxygen atoms in total. The van der Waals surface area contributed by atoms with E-state index < -0.39 is 0 Å². The molecule has 0 spiro atoms. The third-order valence-corrected chi connectivity index (χ3v) is 11.6. The quantitative estimate of drug-likeness (QED) is 0.144. The van der Waals surface area contributed by atoms with E-state index in [2.05, 4.69) is 200 Å². The first-order valence-corrected chi connectivity index (χ1v) is 20.9. The lowest BCUT2D eigenvalue weighted by atomic mass is 9.89. The number of pyridine rings is 1. The molecule has 11 rings (SSSR count). The van der Waals surface area contributed by atoms with Crippen LogP contribution in [0.15, 0.2) is 231 Å². The molecule has 2 aromatic heterocycles. The minimum Gasteiger partial charge on any atom is -0.256 e. The number of hydrogen-bond donors (Lipinski definition) is 0. The monoisotopic (exact) mass is 790 g/mol. The highest BCUT2D eigenvalue weighted by Crippen LogP contribution is 2.41. The van der Waals surface area contributed by atoms with Crippen LogP contribution in [0.5, 0.6) is 0 Å². The number of hydrogen-bond acceptors (Lipinski definition) is 4. The van der Waals surface area contributed by atoms with Gasteiger partial charge in [0.1, 0.15) is 0 Å². The van der Waals surface area contributed by atoms with Crippen molar-refractivity contribution in [2.45, 2.75) is 0 Å². The lowest BCUT2D eigenvalue weighted by molar-refractivity contribution is 1.07. The van der Waals surface area contributed by atoms with Gasteiger partial charge in [-0.2, -0.15) is 0 Å². The molecular formula is C58H38N4. The average molecular weight is 791 g/mol. The van der Waals surface area contributed by atoms with Gasteiger partial charge < -0.3 is 0 Å². The molecule has 0 saturated carbocycles. The molecule has 11 aromatic rings. The summed E-state index contributed by atoms with van der Waals surface area (Å²) in [5, 5.41) is 4.80. The van der Waals surface area contributed by atoms with Crippen LogP contribution in [0.2, 0.25) is 0 Å². The van der Waals surface area contributed by atoms with Crippen molar-refractivity contribution in [1.29, 1.82) is 0 Å². The van der Waals surface area contributed by atoms with Gasteiger partial charge in [0.15, 0.2) is 17.5 Å². The molecule has 0 atom stereocenters. The second-order valence-corrected chi connectivity index (χ2v) is 15.4. The van der Waals surface area contributed by atoms with Crippen molar-refractivity contribution >= 4 is 21.5 Å². The van der Waals surface area contributed by atoms with Crippen LogP contribution in [0, 0.1) is 0 Å². The first kappa shape index (κ1) is 36.7. The molecule has 0 aliphatic carbocycles. The molecule has 9 aromatic carbocycles. The van der Waals surface area contributed by atoms with Gasteiger partial charge in [0, 0.05) is 34.0 Å². The molecule has 0 amide bonds. The normalized spacial score (nSPS) is 11.2. The van der Waals surface area contributed by atoms with Gasteiger partial charge in [-0.25, -0.2) is 15.0 Å². The van der Waals surface area contributed by atoms with Gasteiger partial charge in [0.05, 0.1) is 5.69 Å². The highest BCUT2D eigenvalue weighted by molar-refractivity contribution is 6.14. The van der Waals surface area contributed by atoms with Gasteiger partial charge in [-0.15, -0.1) is 0 Å². The molecule has 4 heteroatoms. The van der Waals surface area contributed by atoms with Crippen LogP contribution < -0.4 is 0 Å². The number of rotatable bonds is 8. The minimum atomic E-state index is 0.586. The second kappa shape index (κ2) is 16.0. The van der Waals surface area contributed by atoms with Crippen molar-refractivity contribution in [3.8, 4) is 89.9 Å². The Kier molecular flexibility index (Phi) is 9.49. The Balaban J connectivity index is 1.14. The van der Waals surface area contributed by atoms with Crippen LogP contribution in [-0.2, 0) is 0 Å². The zero-order valence-corrected chi connectivity index (χ0v) is 33.7. The molecular weight excluding hydrogens is 753 g/mol. The summed E-state index contributed by atoms with van der Waals surface area (Å²) in [6, 6.07) is 78.7. The van der Waals surface area contributed by atoms with Gasteiger partial charge in [-0.05, 0) is 90.8 Å². The van der Waals surface area contributed by atoms with Gasteiger partial charge in [0.2, 0.25) is 0 Å². The molecule has 0 bridgehead atoms. The molecule has 62 heavy (non-hydrogen) atoms. The lowest BCUT2D eigenvalue weighted by Gasteiger charge is -2.16. The molecule has 0 N–H and O–H groups in total. The van der Waals surface area contributed by atoms with Gasteiger partial charge in [-0.3, -0.25) is 4.98 Å². The topological polar surface area (TPSA) is 51.6 Å². The molecule has 0 saturated heterocycles. The minimum absolute atomic E-state index is 0.586. The van der Waals surface area contributed by atoms with Crippen molar-refractivity contribution in [3.05, 3.63) is 231 Å². The van der Waals surface area contributed by atoms with Gasteiger partial charge in [0.25, 0.3) is 0 Å². The Morgan fingerprint density at radius 2 is 0.661 bits per heavy atom. The van der Waals surface area contributed by atoms with Crippen molar-refractivity contribution in [3.63, 3.8) is 0 Å². The van der Waals surface area contributed by atoms with E-state index in [-0.39, 0.29) is 0 Å². The lowest BCUT2D eigenvalue weighted by Crippen LogP contribution is -2.01. The summed E-state index contributed by atoms with van der Waals surface area (Å²) in [6.45, 7) is 0. The zero-order valence-electron chi connectivity index (χ0n) is 33.7. The SMILES string of the molecule is c1ccc(-c2ccc(-c3nc(-c4ccc(-c5ccccc5)cc4)nc(-c4cc(-c5cccnc5-c5ccccc5)cc(-c5cc6ccccc6c6ccccc56)c4)n3)cc2)cc1. The summed E-state index contributed by atoms with van der Waals surface area (Å²) in [4.78, 5) is 20.7. The molecule has 0 unspecified atom stereocenters. The maximum Gasteiger partial charge on any atom is 0.164 e. The summed E-state index contributed by atoms with van der Waals surface area (Å²) < 4.78 is 0. The van der Waals surface area contributed by atoms with E-state index in [4.69, 9.17) is 19.9 Å². The van der Waals surface area contributed by atoms with Crippen LogP contribution in [0.4, 0.5) is 0 Å². The van der Waals surface area contributed by atoms with Crippen molar-refractivity contribution in [2.75, 3.05) is 0 Å². The molecule has 2 heterocycles. The first-order valence-electron chi connectivity index (χ1n) is 20.9. The predicted molar refractivity (Wildman–Crippen MR) is 256 cm³/mol. The Bertz CT molecular complexity index is 3260. The van der Waals surface area contributed by atoms with Crippen molar-refractivity contribution in [2.24, 2.45) is 0 Å². The Morgan fingerprint density at radius 1 is 0.242 bits per heavy atom. The fourth-order valence-electron chi connectivity index (χ4n) is 8.47. The van der Waals surface area contributed by atoms with Crippen LogP contribution >= 0.6 is 0 Å². The molecule has 290 valence electrons. The Labute approximate surface area is 360 Å². The van der Waals surface area contributed by atoms with E-state index in [9.17, 15) is 0 Å². The highest BCUT2D eigenvalue weighted by Gasteiger charge is 2.18. The fraction of sp³-hybridized carbons (Fsp3) is 0. The van der Waals surface area contributed by atoms with E-state index in [0.717, 1.165) is 72.5 Å². The second-order valence-electron chi connectivity index (χ2n) is 15.4. The van der Waals surface area contributed by atoms with E-state index >= 15 is 0 Å². The maximum atomic E-state index is 5.29. The Hall–Kier alpha value is -8.34. The van der Waals surface area contributed by atoms with Crippen molar-refractivity contribution < 1.29 is 0 Å². The molecule has 0 aliphatic rings. The number of benzene rings is 9. The molecule has 0 aliphatic heterocycles. The zero-order chi connectivity index (χ0) is 41.2. The largest absolute Gasteiger partial charge is 0.256 e. The van der Waals surface area contributed by atoms with Crippen LogP contribution in [-0.4, -0.2) is 19.9 Å². The standard InChI is InChI=1S/C58H38N4/c1-4-15-39(16-5-1)41-26-30-44(31-27-41)56-60-57(45-32-28-42(29-33-45)40-17-6-2-7-18-40)62-58(61-56)49-36-47(51-25-14-34-59-55(51)43-19-8-3-9-20-43)35-48(37-49)54-38-46-21-10-11-22-50(46)52-23-12-13-24-53(52)54/h1-38H. The van der Waals surface area contributed by atoms with E-state index in [0.29, 0.717) is 17.5 Å². The van der Waals surface area contributed by atoms with Crippen molar-refractivity contribution in [1.82, 2.24) is 19.9 Å². The van der Waals surface area contributed by atoms with E-state index in [1.807, 2.05) is 30.5 Å². The third-order valence-electron chi connectivity index (χ3n) is 11.6. The highest BCUT2D eigenvalue weighted by atomic mass is 15.0. The summed E-state index contributed by atoms with van der Waals surface area (Å²) in [5.41, 5.74) is 13.5. The van der Waals surface area contributed by atoms with Gasteiger partial charge in [-0.1, -0.05) is 194 Å². The predicted octanol–water partition coefficient (Wildman–Crippen LogP) is 14.9. The molecule has 0 fully saturated rings.